The molecule has 26 heavy (non-hydrogen) atoms. The van der Waals surface area contributed by atoms with Gasteiger partial charge in [-0.1, -0.05) is 48.5 Å². The molecule has 2 atom stereocenters. The first-order chi connectivity index (χ1) is 12.7. The second-order valence-electron chi connectivity index (χ2n) is 6.88. The van der Waals surface area contributed by atoms with E-state index in [1.807, 2.05) is 18.2 Å². The van der Waals surface area contributed by atoms with E-state index >= 15 is 0 Å². The Balaban J connectivity index is 1.38. The number of rotatable bonds is 6. The van der Waals surface area contributed by atoms with Crippen molar-refractivity contribution in [2.45, 2.75) is 32.4 Å². The van der Waals surface area contributed by atoms with Gasteiger partial charge >= 0.3 is 0 Å². The summed E-state index contributed by atoms with van der Waals surface area (Å²) >= 11 is 0. The van der Waals surface area contributed by atoms with Gasteiger partial charge in [-0.2, -0.15) is 5.10 Å². The second kappa shape index (κ2) is 7.12. The summed E-state index contributed by atoms with van der Waals surface area (Å²) in [5.41, 5.74) is 4.83. The number of benzene rings is 2. The predicted octanol–water partition coefficient (Wildman–Crippen LogP) is 3.05. The fourth-order valence-electron chi connectivity index (χ4n) is 3.52. The predicted molar refractivity (Wildman–Crippen MR) is 99.4 cm³/mol. The van der Waals surface area contributed by atoms with E-state index in [4.69, 9.17) is 0 Å². The largest absolute Gasteiger partial charge is 0.352 e. The summed E-state index contributed by atoms with van der Waals surface area (Å²) in [5, 5.41) is 7.27. The highest BCUT2D eigenvalue weighted by atomic mass is 16.2. The second-order valence-corrected chi connectivity index (χ2v) is 6.88. The first-order valence-electron chi connectivity index (χ1n) is 8.95. The van der Waals surface area contributed by atoms with Crippen molar-refractivity contribution in [2.75, 3.05) is 0 Å². The van der Waals surface area contributed by atoms with E-state index in [1.165, 1.54) is 17.5 Å². The summed E-state index contributed by atoms with van der Waals surface area (Å²) < 4.78 is 1.79. The summed E-state index contributed by atoms with van der Waals surface area (Å²) in [6.45, 7) is 3.31. The molecule has 0 unspecified atom stereocenters. The zero-order valence-electron chi connectivity index (χ0n) is 14.8. The third-order valence-electron chi connectivity index (χ3n) is 5.09. The van der Waals surface area contributed by atoms with Gasteiger partial charge in [0.2, 0.25) is 5.91 Å². The zero-order chi connectivity index (χ0) is 17.9. The number of nitrogens with zero attached hydrogens (tertiary/aromatic N) is 3. The van der Waals surface area contributed by atoms with Crippen LogP contribution in [-0.2, 0) is 17.9 Å². The van der Waals surface area contributed by atoms with Crippen LogP contribution in [0.25, 0.3) is 0 Å². The van der Waals surface area contributed by atoms with Gasteiger partial charge in [0.15, 0.2) is 0 Å². The van der Waals surface area contributed by atoms with Crippen LogP contribution in [0.4, 0.5) is 0 Å². The van der Waals surface area contributed by atoms with E-state index in [0.717, 1.165) is 17.5 Å². The molecule has 0 saturated heterocycles. The molecule has 132 valence electrons. The van der Waals surface area contributed by atoms with Crippen LogP contribution >= 0.6 is 0 Å². The molecule has 1 heterocycles. The number of carbonyl (C=O) groups is 1. The Kier molecular flexibility index (Phi) is 4.52. The summed E-state index contributed by atoms with van der Waals surface area (Å²) in [6.07, 6.45) is 4.17. The molecular weight excluding hydrogens is 324 g/mol. The van der Waals surface area contributed by atoms with Gasteiger partial charge in [-0.05, 0) is 41.5 Å². The Morgan fingerprint density at radius 1 is 1.15 bits per heavy atom. The minimum Gasteiger partial charge on any atom is -0.352 e. The van der Waals surface area contributed by atoms with Crippen molar-refractivity contribution in [3.05, 3.63) is 83.4 Å². The van der Waals surface area contributed by atoms with Gasteiger partial charge in [0.1, 0.15) is 12.7 Å². The van der Waals surface area contributed by atoms with Crippen molar-refractivity contribution < 1.29 is 4.79 Å². The molecule has 1 aromatic heterocycles. The summed E-state index contributed by atoms with van der Waals surface area (Å²) in [7, 11) is 0. The molecule has 2 aromatic carbocycles. The van der Waals surface area contributed by atoms with Crippen molar-refractivity contribution in [3.8, 4) is 0 Å². The molecule has 1 amide bonds. The maximum Gasteiger partial charge on any atom is 0.224 e. The van der Waals surface area contributed by atoms with E-state index < -0.39 is 0 Å². The first kappa shape index (κ1) is 16.5. The van der Waals surface area contributed by atoms with E-state index in [9.17, 15) is 4.79 Å². The van der Waals surface area contributed by atoms with Crippen molar-refractivity contribution in [1.82, 2.24) is 20.1 Å². The quantitative estimate of drug-likeness (QED) is 0.746. The van der Waals surface area contributed by atoms with Gasteiger partial charge in [0.05, 0.1) is 6.54 Å². The summed E-state index contributed by atoms with van der Waals surface area (Å²) in [5.74, 6) is 0.606. The average molecular weight is 346 g/mol. The van der Waals surface area contributed by atoms with Crippen LogP contribution in [0.5, 0.6) is 0 Å². The van der Waals surface area contributed by atoms with Crippen molar-refractivity contribution in [1.29, 1.82) is 0 Å². The summed E-state index contributed by atoms with van der Waals surface area (Å²) in [4.78, 5) is 16.5. The Bertz CT molecular complexity index is 904. The van der Waals surface area contributed by atoms with Gasteiger partial charge in [-0.15, -0.1) is 0 Å². The van der Waals surface area contributed by atoms with Gasteiger partial charge in [0, 0.05) is 12.5 Å². The third kappa shape index (κ3) is 3.52. The Morgan fingerprint density at radius 3 is 2.69 bits per heavy atom. The summed E-state index contributed by atoms with van der Waals surface area (Å²) in [6, 6.07) is 16.5. The lowest BCUT2D eigenvalue weighted by Crippen LogP contribution is -2.25. The lowest BCUT2D eigenvalue weighted by atomic mass is 10.0. The number of amides is 1. The zero-order valence-corrected chi connectivity index (χ0v) is 14.8. The minimum atomic E-state index is 0.0959. The maximum atomic E-state index is 12.6. The van der Waals surface area contributed by atoms with E-state index in [2.05, 4.69) is 52.7 Å². The van der Waals surface area contributed by atoms with Crippen LogP contribution in [0.15, 0.2) is 61.2 Å². The van der Waals surface area contributed by atoms with Gasteiger partial charge in [-0.3, -0.25) is 4.79 Å². The molecule has 1 N–H and O–H groups in total. The van der Waals surface area contributed by atoms with Crippen LogP contribution in [0.3, 0.4) is 0 Å². The number of aromatic nitrogens is 3. The fraction of sp³-hybridized carbons (Fsp3) is 0.286. The van der Waals surface area contributed by atoms with Crippen molar-refractivity contribution >= 4 is 5.91 Å². The molecular formula is C21H22N4O. The number of carbonyl (C=O) groups excluding carboxylic acids is 1. The normalized spacial score (nSPS) is 18.5. The first-order valence-corrected chi connectivity index (χ1v) is 8.95. The van der Waals surface area contributed by atoms with Crippen LogP contribution in [0.2, 0.25) is 0 Å². The molecule has 3 aromatic rings. The van der Waals surface area contributed by atoms with Gasteiger partial charge in [-0.25, -0.2) is 9.67 Å². The monoisotopic (exact) mass is 346 g/mol. The highest BCUT2D eigenvalue weighted by Gasteiger charge is 2.44. The molecule has 1 saturated carbocycles. The molecule has 0 radical (unpaired) electrons. The lowest BCUT2D eigenvalue weighted by Gasteiger charge is -2.11. The van der Waals surface area contributed by atoms with E-state index in [0.29, 0.717) is 19.0 Å². The molecule has 0 spiro atoms. The third-order valence-corrected chi connectivity index (χ3v) is 5.09. The Morgan fingerprint density at radius 2 is 1.92 bits per heavy atom. The molecule has 4 rings (SSSR count). The number of nitrogens with one attached hydrogen (secondary N) is 1. The smallest absolute Gasteiger partial charge is 0.224 e. The van der Waals surface area contributed by atoms with Gasteiger partial charge < -0.3 is 5.32 Å². The Labute approximate surface area is 153 Å². The SMILES string of the molecule is Cc1ccccc1[C@@H]1C[C@@H]1C(=O)NCc1ccccc1Cn1cncn1. The van der Waals surface area contributed by atoms with Crippen LogP contribution in [-0.4, -0.2) is 20.7 Å². The van der Waals surface area contributed by atoms with Crippen molar-refractivity contribution in [3.63, 3.8) is 0 Å². The molecule has 5 nitrogen and oxygen atoms in total. The lowest BCUT2D eigenvalue weighted by molar-refractivity contribution is -0.122. The molecule has 0 aliphatic heterocycles. The minimum absolute atomic E-state index is 0.0959. The van der Waals surface area contributed by atoms with Gasteiger partial charge in [0.25, 0.3) is 0 Å². The topological polar surface area (TPSA) is 59.8 Å². The van der Waals surface area contributed by atoms with Crippen LogP contribution < -0.4 is 5.32 Å². The van der Waals surface area contributed by atoms with E-state index in [1.54, 1.807) is 11.0 Å². The molecule has 5 heteroatoms. The fourth-order valence-corrected chi connectivity index (χ4v) is 3.52. The average Bonchev–Trinajstić information content (AvgIpc) is 3.29. The Hall–Kier alpha value is -2.95. The standard InChI is InChI=1S/C21H22N4O/c1-15-6-2-5-9-18(15)19-10-20(19)21(26)23-11-16-7-3-4-8-17(16)12-25-14-22-13-24-25/h2-9,13-14,19-20H,10-12H2,1H3,(H,23,26)/t19-,20-/m0/s1. The van der Waals surface area contributed by atoms with Crippen LogP contribution in [0, 0.1) is 12.8 Å². The molecule has 1 aliphatic rings. The highest BCUT2D eigenvalue weighted by Crippen LogP contribution is 2.48. The number of aryl methyl sites for hydroxylation is 1. The van der Waals surface area contributed by atoms with Crippen LogP contribution in [0.1, 0.15) is 34.6 Å². The maximum absolute atomic E-state index is 12.6. The highest BCUT2D eigenvalue weighted by molar-refractivity contribution is 5.83. The molecule has 1 aliphatic carbocycles. The number of hydrogen-bond donors (Lipinski definition) is 1. The number of hydrogen-bond acceptors (Lipinski definition) is 3. The van der Waals surface area contributed by atoms with Crippen molar-refractivity contribution in [2.24, 2.45) is 5.92 Å². The molecule has 0 bridgehead atoms. The van der Waals surface area contributed by atoms with E-state index in [-0.39, 0.29) is 11.8 Å². The molecule has 1 fully saturated rings.